The third-order valence-electron chi connectivity index (χ3n) is 2.18. The smallest absolute Gasteiger partial charge is 0.394 e. The fourth-order valence-corrected chi connectivity index (χ4v) is 1.31. The van der Waals surface area contributed by atoms with E-state index in [1.54, 1.807) is 0 Å². The van der Waals surface area contributed by atoms with Gasteiger partial charge >= 0.3 is 6.18 Å². The van der Waals surface area contributed by atoms with Crippen LogP contribution in [0.4, 0.5) is 13.2 Å². The van der Waals surface area contributed by atoms with Gasteiger partial charge in [0, 0.05) is 0 Å². The molecule has 0 aliphatic heterocycles. The van der Waals surface area contributed by atoms with Crippen molar-refractivity contribution in [2.45, 2.75) is 18.6 Å². The number of benzene rings is 1. The summed E-state index contributed by atoms with van der Waals surface area (Å²) in [5.41, 5.74) is 3.30. The SMILES string of the molecule is C[C@](N)(CO)c1ccccc1C(F)(F)F. The average molecular weight is 219 g/mol. The minimum absolute atomic E-state index is 0.0972. The Kier molecular flexibility index (Phi) is 3.06. The average Bonchev–Trinajstić information content (AvgIpc) is 2.16. The summed E-state index contributed by atoms with van der Waals surface area (Å²) in [4.78, 5) is 0. The number of aliphatic hydroxyl groups excluding tert-OH is 1. The molecule has 1 rings (SSSR count). The summed E-state index contributed by atoms with van der Waals surface area (Å²) in [5, 5.41) is 8.95. The molecule has 2 nitrogen and oxygen atoms in total. The van der Waals surface area contributed by atoms with Crippen LogP contribution in [-0.4, -0.2) is 11.7 Å². The molecule has 0 spiro atoms. The number of nitrogens with two attached hydrogens (primary N) is 1. The van der Waals surface area contributed by atoms with Crippen molar-refractivity contribution in [1.29, 1.82) is 0 Å². The Morgan fingerprint density at radius 3 is 2.07 bits per heavy atom. The minimum atomic E-state index is -4.45. The topological polar surface area (TPSA) is 46.2 Å². The van der Waals surface area contributed by atoms with Gasteiger partial charge in [-0.15, -0.1) is 0 Å². The highest BCUT2D eigenvalue weighted by atomic mass is 19.4. The summed E-state index contributed by atoms with van der Waals surface area (Å²) in [5.74, 6) is 0. The van der Waals surface area contributed by atoms with Crippen molar-refractivity contribution >= 4 is 0 Å². The Morgan fingerprint density at radius 2 is 1.67 bits per heavy atom. The number of hydrogen-bond acceptors (Lipinski definition) is 2. The van der Waals surface area contributed by atoms with Crippen LogP contribution in [0.1, 0.15) is 18.1 Å². The zero-order chi connectivity index (χ0) is 11.7. The molecule has 0 saturated carbocycles. The highest BCUT2D eigenvalue weighted by molar-refractivity contribution is 5.35. The highest BCUT2D eigenvalue weighted by Crippen LogP contribution is 2.35. The first-order valence-electron chi connectivity index (χ1n) is 4.35. The molecule has 0 amide bonds. The van der Waals surface area contributed by atoms with Crippen molar-refractivity contribution in [1.82, 2.24) is 0 Å². The third-order valence-corrected chi connectivity index (χ3v) is 2.18. The largest absolute Gasteiger partial charge is 0.416 e. The number of rotatable bonds is 2. The van der Waals surface area contributed by atoms with E-state index in [0.717, 1.165) is 6.07 Å². The van der Waals surface area contributed by atoms with E-state index in [-0.39, 0.29) is 5.56 Å². The Labute approximate surface area is 85.5 Å². The van der Waals surface area contributed by atoms with Gasteiger partial charge in [0.15, 0.2) is 0 Å². The standard InChI is InChI=1S/C10H12F3NO/c1-9(14,6-15)7-4-2-3-5-8(7)10(11,12)13/h2-5,15H,6,14H2,1H3/t9-/m0/s1. The molecule has 0 saturated heterocycles. The maximum atomic E-state index is 12.6. The second-order valence-electron chi connectivity index (χ2n) is 3.62. The van der Waals surface area contributed by atoms with Gasteiger partial charge in [-0.1, -0.05) is 18.2 Å². The van der Waals surface area contributed by atoms with Gasteiger partial charge in [-0.05, 0) is 18.6 Å². The zero-order valence-corrected chi connectivity index (χ0v) is 8.17. The van der Waals surface area contributed by atoms with Crippen LogP contribution in [-0.2, 0) is 11.7 Å². The summed E-state index contributed by atoms with van der Waals surface area (Å²) < 4.78 is 37.7. The molecular formula is C10H12F3NO. The van der Waals surface area contributed by atoms with Crippen LogP contribution < -0.4 is 5.73 Å². The van der Waals surface area contributed by atoms with E-state index in [2.05, 4.69) is 0 Å². The van der Waals surface area contributed by atoms with E-state index in [4.69, 9.17) is 10.8 Å². The molecule has 0 unspecified atom stereocenters. The van der Waals surface area contributed by atoms with E-state index < -0.39 is 23.9 Å². The van der Waals surface area contributed by atoms with E-state index in [1.807, 2.05) is 0 Å². The van der Waals surface area contributed by atoms with Gasteiger partial charge < -0.3 is 10.8 Å². The minimum Gasteiger partial charge on any atom is -0.394 e. The molecular weight excluding hydrogens is 207 g/mol. The molecule has 5 heteroatoms. The molecule has 0 radical (unpaired) electrons. The van der Waals surface area contributed by atoms with Crippen molar-refractivity contribution in [3.8, 4) is 0 Å². The Balaban J connectivity index is 3.31. The van der Waals surface area contributed by atoms with Crippen molar-refractivity contribution in [2.24, 2.45) is 5.73 Å². The summed E-state index contributed by atoms with van der Waals surface area (Å²) in [6, 6.07) is 4.99. The van der Waals surface area contributed by atoms with E-state index in [1.165, 1.54) is 25.1 Å². The van der Waals surface area contributed by atoms with Crippen molar-refractivity contribution in [3.63, 3.8) is 0 Å². The normalized spacial score (nSPS) is 16.1. The number of halogens is 3. The van der Waals surface area contributed by atoms with E-state index >= 15 is 0 Å². The lowest BCUT2D eigenvalue weighted by atomic mass is 9.89. The second-order valence-corrected chi connectivity index (χ2v) is 3.62. The second kappa shape index (κ2) is 3.83. The molecule has 0 aromatic heterocycles. The molecule has 0 bridgehead atoms. The van der Waals surface area contributed by atoms with Crippen LogP contribution in [0.2, 0.25) is 0 Å². The van der Waals surface area contributed by atoms with Gasteiger partial charge in [-0.2, -0.15) is 13.2 Å². The van der Waals surface area contributed by atoms with Crippen LogP contribution in [0.3, 0.4) is 0 Å². The molecule has 0 aliphatic carbocycles. The first-order chi connectivity index (χ1) is 6.79. The molecule has 3 N–H and O–H groups in total. The molecule has 84 valence electrons. The lowest BCUT2D eigenvalue weighted by Gasteiger charge is -2.26. The van der Waals surface area contributed by atoms with Crippen molar-refractivity contribution in [2.75, 3.05) is 6.61 Å². The maximum Gasteiger partial charge on any atom is 0.416 e. The van der Waals surface area contributed by atoms with Gasteiger partial charge in [-0.25, -0.2) is 0 Å². The Bertz CT molecular complexity index is 347. The number of hydrogen-bond donors (Lipinski definition) is 2. The highest BCUT2D eigenvalue weighted by Gasteiger charge is 2.37. The predicted octanol–water partition coefficient (Wildman–Crippen LogP) is 1.87. The van der Waals surface area contributed by atoms with Gasteiger partial charge in [-0.3, -0.25) is 0 Å². The van der Waals surface area contributed by atoms with Gasteiger partial charge in [0.25, 0.3) is 0 Å². The summed E-state index contributed by atoms with van der Waals surface area (Å²) in [7, 11) is 0. The zero-order valence-electron chi connectivity index (χ0n) is 8.17. The summed E-state index contributed by atoms with van der Waals surface area (Å²) in [6.45, 7) is 0.817. The monoisotopic (exact) mass is 219 g/mol. The van der Waals surface area contributed by atoms with Gasteiger partial charge in [0.1, 0.15) is 0 Å². The lowest BCUT2D eigenvalue weighted by Crippen LogP contribution is -2.38. The van der Waals surface area contributed by atoms with Gasteiger partial charge in [0.2, 0.25) is 0 Å². The first-order valence-corrected chi connectivity index (χ1v) is 4.35. The fourth-order valence-electron chi connectivity index (χ4n) is 1.31. The molecule has 0 fully saturated rings. The maximum absolute atomic E-state index is 12.6. The molecule has 1 aromatic carbocycles. The van der Waals surface area contributed by atoms with Crippen LogP contribution in [0.15, 0.2) is 24.3 Å². The fraction of sp³-hybridized carbons (Fsp3) is 0.400. The Morgan fingerprint density at radius 1 is 1.20 bits per heavy atom. The predicted molar refractivity (Wildman–Crippen MR) is 50.1 cm³/mol. The molecule has 15 heavy (non-hydrogen) atoms. The molecule has 1 atom stereocenters. The van der Waals surface area contributed by atoms with Gasteiger partial charge in [0.05, 0.1) is 17.7 Å². The number of aliphatic hydroxyl groups is 1. The Hall–Kier alpha value is -1.07. The van der Waals surface area contributed by atoms with Crippen LogP contribution in [0.5, 0.6) is 0 Å². The molecule has 0 heterocycles. The molecule has 0 aliphatic rings. The quantitative estimate of drug-likeness (QED) is 0.797. The number of alkyl halides is 3. The van der Waals surface area contributed by atoms with Crippen LogP contribution in [0.25, 0.3) is 0 Å². The third kappa shape index (κ3) is 2.49. The lowest BCUT2D eigenvalue weighted by molar-refractivity contribution is -0.138. The van der Waals surface area contributed by atoms with Crippen molar-refractivity contribution in [3.05, 3.63) is 35.4 Å². The van der Waals surface area contributed by atoms with Crippen LogP contribution in [0, 0.1) is 0 Å². The van der Waals surface area contributed by atoms with Crippen molar-refractivity contribution < 1.29 is 18.3 Å². The first kappa shape index (κ1) is 12.0. The summed E-state index contributed by atoms with van der Waals surface area (Å²) in [6.07, 6.45) is -4.45. The van der Waals surface area contributed by atoms with Crippen LogP contribution >= 0.6 is 0 Å². The summed E-state index contributed by atoms with van der Waals surface area (Å²) >= 11 is 0. The van der Waals surface area contributed by atoms with E-state index in [0.29, 0.717) is 0 Å². The molecule has 1 aromatic rings. The van der Waals surface area contributed by atoms with E-state index in [9.17, 15) is 13.2 Å².